The van der Waals surface area contributed by atoms with E-state index < -0.39 is 11.7 Å². The molecule has 1 aromatic carbocycles. The predicted molar refractivity (Wildman–Crippen MR) is 54.4 cm³/mol. The van der Waals surface area contributed by atoms with Gasteiger partial charge in [0.25, 0.3) is 0 Å². The first kappa shape index (κ1) is 10.4. The molecule has 1 heterocycles. The van der Waals surface area contributed by atoms with Crippen LogP contribution in [0.1, 0.15) is 5.56 Å². The van der Waals surface area contributed by atoms with E-state index in [1.165, 1.54) is 6.07 Å². The molecular weight excluding hydrogens is 271 g/mol. The van der Waals surface area contributed by atoms with Crippen LogP contribution >= 0.6 is 15.9 Å². The van der Waals surface area contributed by atoms with Gasteiger partial charge >= 0.3 is 6.18 Å². The molecule has 0 saturated carbocycles. The summed E-state index contributed by atoms with van der Waals surface area (Å²) in [5.74, 6) is 0. The van der Waals surface area contributed by atoms with Crippen molar-refractivity contribution in [1.29, 1.82) is 0 Å². The summed E-state index contributed by atoms with van der Waals surface area (Å²) >= 11 is 3.12. The van der Waals surface area contributed by atoms with Gasteiger partial charge in [-0.25, -0.2) is 4.98 Å². The highest BCUT2D eigenvalue weighted by Crippen LogP contribution is 2.31. The lowest BCUT2D eigenvalue weighted by Gasteiger charge is -2.07. The van der Waals surface area contributed by atoms with Gasteiger partial charge < -0.3 is 0 Å². The van der Waals surface area contributed by atoms with Gasteiger partial charge in [0.1, 0.15) is 4.60 Å². The fourth-order valence-corrected chi connectivity index (χ4v) is 1.59. The molecule has 0 saturated heterocycles. The van der Waals surface area contributed by atoms with Crippen molar-refractivity contribution in [3.63, 3.8) is 0 Å². The van der Waals surface area contributed by atoms with E-state index in [9.17, 15) is 13.2 Å². The van der Waals surface area contributed by atoms with E-state index in [-0.39, 0.29) is 0 Å². The summed E-state index contributed by atoms with van der Waals surface area (Å²) in [6, 6.07) is 6.91. The largest absolute Gasteiger partial charge is 0.416 e. The van der Waals surface area contributed by atoms with Crippen LogP contribution in [0.4, 0.5) is 13.2 Å². The summed E-state index contributed by atoms with van der Waals surface area (Å²) in [7, 11) is 0. The van der Waals surface area contributed by atoms with E-state index >= 15 is 0 Å². The Morgan fingerprint density at radius 1 is 1.07 bits per heavy atom. The number of alkyl halides is 3. The summed E-state index contributed by atoms with van der Waals surface area (Å²) in [6.45, 7) is 0. The number of benzene rings is 1. The van der Waals surface area contributed by atoms with Gasteiger partial charge in [0.05, 0.1) is 11.1 Å². The molecule has 0 aliphatic carbocycles. The van der Waals surface area contributed by atoms with Crippen LogP contribution in [-0.4, -0.2) is 4.98 Å². The monoisotopic (exact) mass is 275 g/mol. The zero-order valence-electron chi connectivity index (χ0n) is 7.35. The Bertz CT molecular complexity index is 507. The van der Waals surface area contributed by atoms with Crippen molar-refractivity contribution in [2.24, 2.45) is 0 Å². The molecular formula is C10H5BrF3N. The van der Waals surface area contributed by atoms with Crippen molar-refractivity contribution >= 4 is 26.8 Å². The number of fused-ring (bicyclic) bond motifs is 1. The molecule has 78 valence electrons. The average Bonchev–Trinajstić information content (AvgIpc) is 2.15. The minimum absolute atomic E-state index is 0.333. The van der Waals surface area contributed by atoms with Crippen LogP contribution in [0.15, 0.2) is 34.9 Å². The molecule has 0 aliphatic heterocycles. The second-order valence-corrected chi connectivity index (χ2v) is 3.85. The molecule has 0 N–H and O–H groups in total. The van der Waals surface area contributed by atoms with Gasteiger partial charge in [-0.05, 0) is 34.1 Å². The molecule has 0 bridgehead atoms. The molecule has 0 fully saturated rings. The third kappa shape index (κ3) is 2.12. The molecule has 5 heteroatoms. The van der Waals surface area contributed by atoms with Crippen LogP contribution in [0, 0.1) is 0 Å². The molecule has 0 radical (unpaired) electrons. The fourth-order valence-electron chi connectivity index (χ4n) is 1.27. The lowest BCUT2D eigenvalue weighted by Crippen LogP contribution is -2.04. The van der Waals surface area contributed by atoms with Gasteiger partial charge in [0, 0.05) is 5.39 Å². The van der Waals surface area contributed by atoms with Crippen molar-refractivity contribution in [2.75, 3.05) is 0 Å². The van der Waals surface area contributed by atoms with E-state index in [1.807, 2.05) is 0 Å². The Labute approximate surface area is 92.1 Å². The Morgan fingerprint density at radius 3 is 2.40 bits per heavy atom. The lowest BCUT2D eigenvalue weighted by atomic mass is 10.1. The van der Waals surface area contributed by atoms with E-state index in [4.69, 9.17) is 0 Å². The molecule has 2 aromatic rings. The van der Waals surface area contributed by atoms with E-state index in [0.29, 0.717) is 15.5 Å². The number of pyridine rings is 1. The van der Waals surface area contributed by atoms with Gasteiger partial charge in [0.15, 0.2) is 0 Å². The normalized spacial score (nSPS) is 12.0. The molecule has 1 nitrogen and oxygen atoms in total. The van der Waals surface area contributed by atoms with Gasteiger partial charge in [-0.3, -0.25) is 0 Å². The SMILES string of the molecule is FC(F)(F)c1ccc2ccc(Br)nc2c1. The van der Waals surface area contributed by atoms with Crippen LogP contribution in [0.25, 0.3) is 10.9 Å². The Morgan fingerprint density at radius 2 is 1.73 bits per heavy atom. The van der Waals surface area contributed by atoms with Gasteiger partial charge in [-0.1, -0.05) is 12.1 Å². The number of hydrogen-bond acceptors (Lipinski definition) is 1. The highest BCUT2D eigenvalue weighted by atomic mass is 79.9. The first-order valence-electron chi connectivity index (χ1n) is 4.10. The zero-order valence-corrected chi connectivity index (χ0v) is 8.93. The van der Waals surface area contributed by atoms with Crippen LogP contribution in [0.2, 0.25) is 0 Å². The summed E-state index contributed by atoms with van der Waals surface area (Å²) in [5.41, 5.74) is -0.347. The second-order valence-electron chi connectivity index (χ2n) is 3.04. The second kappa shape index (κ2) is 3.48. The molecule has 1 aromatic heterocycles. The maximum atomic E-state index is 12.4. The number of hydrogen-bond donors (Lipinski definition) is 0. The van der Waals surface area contributed by atoms with Crippen LogP contribution in [0.5, 0.6) is 0 Å². The maximum Gasteiger partial charge on any atom is 0.416 e. The minimum Gasteiger partial charge on any atom is -0.241 e. The molecule has 0 aliphatic rings. The smallest absolute Gasteiger partial charge is 0.241 e. The highest BCUT2D eigenvalue weighted by Gasteiger charge is 2.30. The number of halogens is 4. The topological polar surface area (TPSA) is 12.9 Å². The summed E-state index contributed by atoms with van der Waals surface area (Å²) in [5, 5.41) is 0.686. The summed E-state index contributed by atoms with van der Waals surface area (Å²) < 4.78 is 37.7. The summed E-state index contributed by atoms with van der Waals surface area (Å²) in [4.78, 5) is 3.97. The number of nitrogens with zero attached hydrogens (tertiary/aromatic N) is 1. The third-order valence-corrected chi connectivity index (χ3v) is 2.43. The first-order chi connectivity index (χ1) is 6.97. The molecule has 0 spiro atoms. The Balaban J connectivity index is 2.64. The quantitative estimate of drug-likeness (QED) is 0.662. The average molecular weight is 276 g/mol. The molecule has 15 heavy (non-hydrogen) atoms. The van der Waals surface area contributed by atoms with Crippen molar-refractivity contribution < 1.29 is 13.2 Å². The Hall–Kier alpha value is -1.10. The molecule has 0 atom stereocenters. The number of aromatic nitrogens is 1. The van der Waals surface area contributed by atoms with Crippen molar-refractivity contribution in [3.8, 4) is 0 Å². The van der Waals surface area contributed by atoms with Crippen LogP contribution in [-0.2, 0) is 6.18 Å². The van der Waals surface area contributed by atoms with Crippen LogP contribution < -0.4 is 0 Å². The lowest BCUT2D eigenvalue weighted by molar-refractivity contribution is -0.137. The molecule has 0 unspecified atom stereocenters. The van der Waals surface area contributed by atoms with Gasteiger partial charge in [0.2, 0.25) is 0 Å². The highest BCUT2D eigenvalue weighted by molar-refractivity contribution is 9.10. The van der Waals surface area contributed by atoms with Gasteiger partial charge in [-0.2, -0.15) is 13.2 Å². The van der Waals surface area contributed by atoms with E-state index in [0.717, 1.165) is 12.1 Å². The third-order valence-electron chi connectivity index (χ3n) is 1.99. The van der Waals surface area contributed by atoms with Crippen LogP contribution in [0.3, 0.4) is 0 Å². The number of rotatable bonds is 0. The standard InChI is InChI=1S/C10H5BrF3N/c11-9-4-2-6-1-3-7(10(12,13)14)5-8(6)15-9/h1-5H. The predicted octanol–water partition coefficient (Wildman–Crippen LogP) is 4.02. The van der Waals surface area contributed by atoms with E-state index in [1.54, 1.807) is 12.1 Å². The fraction of sp³-hybridized carbons (Fsp3) is 0.100. The van der Waals surface area contributed by atoms with Gasteiger partial charge in [-0.15, -0.1) is 0 Å². The first-order valence-corrected chi connectivity index (χ1v) is 4.89. The molecule has 2 rings (SSSR count). The van der Waals surface area contributed by atoms with Crippen molar-refractivity contribution in [1.82, 2.24) is 4.98 Å². The zero-order chi connectivity index (χ0) is 11.1. The maximum absolute atomic E-state index is 12.4. The minimum atomic E-state index is -4.32. The van der Waals surface area contributed by atoms with Crippen molar-refractivity contribution in [3.05, 3.63) is 40.5 Å². The Kier molecular flexibility index (Phi) is 2.42. The molecule has 0 amide bonds. The van der Waals surface area contributed by atoms with Crippen molar-refractivity contribution in [2.45, 2.75) is 6.18 Å². The summed E-state index contributed by atoms with van der Waals surface area (Å²) in [6.07, 6.45) is -4.32. The van der Waals surface area contributed by atoms with E-state index in [2.05, 4.69) is 20.9 Å².